The first-order valence-electron chi connectivity index (χ1n) is 5.91. The van der Waals surface area contributed by atoms with Crippen LogP contribution in [0.1, 0.15) is 39.5 Å². The number of aliphatic carboxylic acids is 1. The van der Waals surface area contributed by atoms with Gasteiger partial charge >= 0.3 is 5.97 Å². The van der Waals surface area contributed by atoms with Gasteiger partial charge in [-0.25, -0.2) is 0 Å². The van der Waals surface area contributed by atoms with Gasteiger partial charge in [0.15, 0.2) is 0 Å². The van der Waals surface area contributed by atoms with Gasteiger partial charge in [0.25, 0.3) is 0 Å². The number of carboxylic acid groups (broad SMARTS) is 1. The monoisotopic (exact) mass is 211 g/mol. The molecule has 3 unspecified atom stereocenters. The maximum atomic E-state index is 10.7. The molecule has 0 saturated heterocycles. The van der Waals surface area contributed by atoms with E-state index in [2.05, 4.69) is 13.8 Å². The number of fused-ring (bicyclic) bond motifs is 2. The van der Waals surface area contributed by atoms with Crippen molar-refractivity contribution in [1.82, 2.24) is 0 Å². The third kappa shape index (κ3) is 1.67. The van der Waals surface area contributed by atoms with Crippen LogP contribution in [0.2, 0.25) is 0 Å². The van der Waals surface area contributed by atoms with E-state index in [0.29, 0.717) is 23.7 Å². The van der Waals surface area contributed by atoms with Crippen LogP contribution in [0.5, 0.6) is 0 Å². The predicted octanol–water partition coefficient (Wildman–Crippen LogP) is 1.86. The Balaban J connectivity index is 2.00. The summed E-state index contributed by atoms with van der Waals surface area (Å²) in [4.78, 5) is 10.7. The van der Waals surface area contributed by atoms with Crippen molar-refractivity contribution in [3.05, 3.63) is 0 Å². The number of carboxylic acids is 1. The van der Waals surface area contributed by atoms with E-state index in [9.17, 15) is 4.79 Å². The lowest BCUT2D eigenvalue weighted by Gasteiger charge is -2.27. The normalized spacial score (nSPS) is 39.3. The van der Waals surface area contributed by atoms with Crippen LogP contribution in [0.15, 0.2) is 0 Å². The average Bonchev–Trinajstić information content (AvgIpc) is 2.54. The molecule has 15 heavy (non-hydrogen) atoms. The Hall–Kier alpha value is -0.570. The summed E-state index contributed by atoms with van der Waals surface area (Å²) in [7, 11) is 0. The van der Waals surface area contributed by atoms with Gasteiger partial charge in [0, 0.05) is 0 Å². The minimum Gasteiger partial charge on any atom is -0.480 e. The molecule has 2 bridgehead atoms. The fourth-order valence-corrected chi connectivity index (χ4v) is 3.91. The summed E-state index contributed by atoms with van der Waals surface area (Å²) in [5, 5.41) is 8.82. The number of carbonyl (C=O) groups is 1. The summed E-state index contributed by atoms with van der Waals surface area (Å²) in [6.07, 6.45) is 4.46. The lowest BCUT2D eigenvalue weighted by atomic mass is 9.78. The molecule has 2 fully saturated rings. The summed E-state index contributed by atoms with van der Waals surface area (Å²) in [6, 6.07) is -0.662. The number of nitrogens with two attached hydrogens (primary N) is 1. The maximum absolute atomic E-state index is 10.7. The van der Waals surface area contributed by atoms with Crippen LogP contribution in [0.4, 0.5) is 0 Å². The molecule has 0 aliphatic heterocycles. The van der Waals surface area contributed by atoms with Crippen LogP contribution in [0.25, 0.3) is 0 Å². The summed E-state index contributed by atoms with van der Waals surface area (Å²) < 4.78 is 0. The predicted molar refractivity (Wildman–Crippen MR) is 58.3 cm³/mol. The molecular formula is C12H21NO2. The van der Waals surface area contributed by atoms with Gasteiger partial charge in [0.2, 0.25) is 0 Å². The zero-order chi connectivity index (χ0) is 11.2. The first-order chi connectivity index (χ1) is 6.93. The number of hydrogen-bond acceptors (Lipinski definition) is 2. The van der Waals surface area contributed by atoms with E-state index in [1.807, 2.05) is 0 Å². The summed E-state index contributed by atoms with van der Waals surface area (Å²) in [6.45, 7) is 4.67. The van der Waals surface area contributed by atoms with E-state index in [1.165, 1.54) is 19.3 Å². The highest BCUT2D eigenvalue weighted by Crippen LogP contribution is 2.61. The molecule has 2 saturated carbocycles. The molecule has 0 aromatic heterocycles. The number of hydrogen-bond donors (Lipinski definition) is 2. The average molecular weight is 211 g/mol. The molecule has 2 rings (SSSR count). The van der Waals surface area contributed by atoms with Crippen LogP contribution in [-0.4, -0.2) is 17.1 Å². The first-order valence-corrected chi connectivity index (χ1v) is 5.91. The Morgan fingerprint density at radius 2 is 2.20 bits per heavy atom. The molecule has 0 amide bonds. The standard InChI is InChI=1S/C12H21NO2/c1-12(2)8-3-4-9(12)7(5-8)6-10(13)11(14)15/h7-10H,3-6,13H2,1-2H3,(H,14,15)/t7-,8?,9?,10?/m1/s1. The Morgan fingerprint density at radius 3 is 2.60 bits per heavy atom. The van der Waals surface area contributed by atoms with Gasteiger partial charge in [-0.1, -0.05) is 13.8 Å². The van der Waals surface area contributed by atoms with Gasteiger partial charge in [-0.3, -0.25) is 4.79 Å². The number of rotatable bonds is 3. The van der Waals surface area contributed by atoms with E-state index >= 15 is 0 Å². The molecule has 3 N–H and O–H groups in total. The Bertz CT molecular complexity index is 275. The lowest BCUT2D eigenvalue weighted by Crippen LogP contribution is -2.34. The Kier molecular flexibility index (Phi) is 2.53. The van der Waals surface area contributed by atoms with Crippen LogP contribution in [-0.2, 0) is 4.79 Å². The Labute approximate surface area is 91.0 Å². The summed E-state index contributed by atoms with van der Waals surface area (Å²) >= 11 is 0. The fourth-order valence-electron chi connectivity index (χ4n) is 3.91. The summed E-state index contributed by atoms with van der Waals surface area (Å²) in [5.74, 6) is 1.20. The van der Waals surface area contributed by atoms with Crippen LogP contribution >= 0.6 is 0 Å². The third-order valence-electron chi connectivity index (χ3n) is 4.86. The van der Waals surface area contributed by atoms with Crippen molar-refractivity contribution in [2.45, 2.75) is 45.6 Å². The molecule has 0 radical (unpaired) electrons. The molecule has 2 aliphatic rings. The van der Waals surface area contributed by atoms with Gasteiger partial charge in [-0.05, 0) is 48.9 Å². The van der Waals surface area contributed by atoms with Crippen molar-refractivity contribution in [1.29, 1.82) is 0 Å². The van der Waals surface area contributed by atoms with E-state index < -0.39 is 12.0 Å². The second-order valence-corrected chi connectivity index (χ2v) is 5.88. The zero-order valence-electron chi connectivity index (χ0n) is 9.57. The van der Waals surface area contributed by atoms with Gasteiger partial charge in [0.1, 0.15) is 6.04 Å². The van der Waals surface area contributed by atoms with E-state index in [1.54, 1.807) is 0 Å². The van der Waals surface area contributed by atoms with Crippen LogP contribution in [0.3, 0.4) is 0 Å². The molecule has 3 heteroatoms. The second kappa shape index (κ2) is 3.48. The second-order valence-electron chi connectivity index (χ2n) is 5.88. The van der Waals surface area contributed by atoms with Crippen LogP contribution < -0.4 is 5.73 Å². The lowest BCUT2D eigenvalue weighted by molar-refractivity contribution is -0.139. The third-order valence-corrected chi connectivity index (χ3v) is 4.86. The molecule has 3 nitrogen and oxygen atoms in total. The quantitative estimate of drug-likeness (QED) is 0.749. The van der Waals surface area contributed by atoms with Crippen molar-refractivity contribution in [3.63, 3.8) is 0 Å². The molecule has 2 aliphatic carbocycles. The zero-order valence-corrected chi connectivity index (χ0v) is 9.57. The SMILES string of the molecule is CC1(C)C2CCC1[C@@H](CC(N)C(=O)O)C2. The topological polar surface area (TPSA) is 63.3 Å². The highest BCUT2D eigenvalue weighted by Gasteiger charge is 2.53. The largest absolute Gasteiger partial charge is 0.480 e. The van der Waals surface area contributed by atoms with E-state index in [4.69, 9.17) is 10.8 Å². The van der Waals surface area contributed by atoms with Gasteiger partial charge in [0.05, 0.1) is 0 Å². The van der Waals surface area contributed by atoms with Crippen molar-refractivity contribution < 1.29 is 9.90 Å². The molecule has 86 valence electrons. The molecule has 0 heterocycles. The van der Waals surface area contributed by atoms with Crippen molar-refractivity contribution in [2.24, 2.45) is 28.9 Å². The Morgan fingerprint density at radius 1 is 1.53 bits per heavy atom. The van der Waals surface area contributed by atoms with Crippen molar-refractivity contribution in [3.8, 4) is 0 Å². The molecule has 0 aromatic carbocycles. The highest BCUT2D eigenvalue weighted by atomic mass is 16.4. The van der Waals surface area contributed by atoms with Gasteiger partial charge < -0.3 is 10.8 Å². The van der Waals surface area contributed by atoms with Gasteiger partial charge in [-0.15, -0.1) is 0 Å². The fraction of sp³-hybridized carbons (Fsp3) is 0.917. The van der Waals surface area contributed by atoms with Crippen molar-refractivity contribution >= 4 is 5.97 Å². The van der Waals surface area contributed by atoms with Crippen molar-refractivity contribution in [2.75, 3.05) is 0 Å². The minimum atomic E-state index is -0.851. The molecule has 0 spiro atoms. The minimum absolute atomic E-state index is 0.420. The van der Waals surface area contributed by atoms with Crippen LogP contribution in [0, 0.1) is 23.2 Å². The molecular weight excluding hydrogens is 190 g/mol. The maximum Gasteiger partial charge on any atom is 0.320 e. The highest BCUT2D eigenvalue weighted by molar-refractivity contribution is 5.73. The van der Waals surface area contributed by atoms with E-state index in [0.717, 1.165) is 5.92 Å². The van der Waals surface area contributed by atoms with E-state index in [-0.39, 0.29) is 0 Å². The molecule has 4 atom stereocenters. The smallest absolute Gasteiger partial charge is 0.320 e. The summed E-state index contributed by atoms with van der Waals surface area (Å²) in [5.41, 5.74) is 6.04. The first kappa shape index (κ1) is 10.9. The molecule has 0 aromatic rings. The van der Waals surface area contributed by atoms with Gasteiger partial charge in [-0.2, -0.15) is 0 Å².